The second kappa shape index (κ2) is 8.87. The van der Waals surface area contributed by atoms with Crippen molar-refractivity contribution in [3.8, 4) is 17.4 Å². The number of carboxylic acids is 1. The van der Waals surface area contributed by atoms with Gasteiger partial charge >= 0.3 is 0 Å². The fraction of sp³-hybridized carbons (Fsp3) is 0.0455. The number of aryl methyl sites for hydroxylation is 1. The van der Waals surface area contributed by atoms with Gasteiger partial charge in [-0.15, -0.1) is 0 Å². The van der Waals surface area contributed by atoms with Gasteiger partial charge in [0, 0.05) is 32.9 Å². The van der Waals surface area contributed by atoms with E-state index in [-0.39, 0.29) is 21.9 Å². The number of amides is 1. The van der Waals surface area contributed by atoms with E-state index in [9.17, 15) is 20.0 Å². The fourth-order valence-electron chi connectivity index (χ4n) is 2.58. The van der Waals surface area contributed by atoms with E-state index in [4.69, 9.17) is 27.6 Å². The number of benzene rings is 2. The molecule has 6 nitrogen and oxygen atoms in total. The molecule has 2 aromatic carbocycles. The molecule has 0 atom stereocenters. The van der Waals surface area contributed by atoms with Crippen LogP contribution < -0.4 is 10.4 Å². The number of carbonyl (C=O) groups excluding carboxylic acids is 2. The quantitative estimate of drug-likeness (QED) is 0.466. The van der Waals surface area contributed by atoms with E-state index in [1.165, 1.54) is 18.2 Å². The lowest BCUT2D eigenvalue weighted by molar-refractivity contribution is -0.255. The van der Waals surface area contributed by atoms with Gasteiger partial charge in [0.1, 0.15) is 23.2 Å². The number of nitrogens with one attached hydrogen (secondary N) is 1. The summed E-state index contributed by atoms with van der Waals surface area (Å²) in [5.74, 6) is -1.46. The van der Waals surface area contributed by atoms with Crippen molar-refractivity contribution in [1.29, 1.82) is 5.26 Å². The fourth-order valence-corrected chi connectivity index (χ4v) is 2.96. The number of anilines is 1. The summed E-state index contributed by atoms with van der Waals surface area (Å²) >= 11 is 11.9. The summed E-state index contributed by atoms with van der Waals surface area (Å²) in [5.41, 5.74) is 1.41. The van der Waals surface area contributed by atoms with Crippen LogP contribution in [0.5, 0.6) is 0 Å². The second-order valence-corrected chi connectivity index (χ2v) is 7.09. The molecule has 8 heteroatoms. The van der Waals surface area contributed by atoms with E-state index in [1.807, 2.05) is 13.0 Å². The number of furan rings is 1. The number of rotatable bonds is 5. The molecule has 0 aliphatic rings. The van der Waals surface area contributed by atoms with Crippen LogP contribution >= 0.6 is 23.2 Å². The largest absolute Gasteiger partial charge is 0.545 e. The molecule has 0 aliphatic heterocycles. The zero-order valence-electron chi connectivity index (χ0n) is 15.5. The Morgan fingerprint density at radius 3 is 2.53 bits per heavy atom. The first kappa shape index (κ1) is 21.2. The number of halogens is 2. The molecular weight excluding hydrogens is 427 g/mol. The van der Waals surface area contributed by atoms with Crippen molar-refractivity contribution >= 4 is 46.8 Å². The summed E-state index contributed by atoms with van der Waals surface area (Å²) in [7, 11) is 0. The van der Waals surface area contributed by atoms with E-state index < -0.39 is 11.9 Å². The van der Waals surface area contributed by atoms with Gasteiger partial charge in [-0.25, -0.2) is 0 Å². The first-order chi connectivity index (χ1) is 14.3. The van der Waals surface area contributed by atoms with Crippen molar-refractivity contribution in [1.82, 2.24) is 0 Å². The van der Waals surface area contributed by atoms with Gasteiger partial charge in [0.2, 0.25) is 0 Å². The first-order valence-electron chi connectivity index (χ1n) is 8.59. The number of nitriles is 1. The third-order valence-electron chi connectivity index (χ3n) is 4.18. The van der Waals surface area contributed by atoms with Gasteiger partial charge in [-0.05, 0) is 55.0 Å². The number of carbonyl (C=O) groups is 2. The zero-order valence-corrected chi connectivity index (χ0v) is 17.0. The predicted molar refractivity (Wildman–Crippen MR) is 112 cm³/mol. The molecule has 0 saturated carbocycles. The van der Waals surface area contributed by atoms with Gasteiger partial charge in [0.15, 0.2) is 0 Å². The van der Waals surface area contributed by atoms with Crippen LogP contribution in [0.4, 0.5) is 5.69 Å². The van der Waals surface area contributed by atoms with Crippen molar-refractivity contribution in [3.63, 3.8) is 0 Å². The molecular formula is C22H13Cl2N2O4-. The maximum absolute atomic E-state index is 12.4. The van der Waals surface area contributed by atoms with Crippen LogP contribution in [0.1, 0.15) is 21.7 Å². The van der Waals surface area contributed by atoms with Gasteiger partial charge in [-0.3, -0.25) is 4.79 Å². The lowest BCUT2D eigenvalue weighted by Gasteiger charge is -2.07. The van der Waals surface area contributed by atoms with E-state index in [1.54, 1.807) is 36.4 Å². The molecule has 0 bridgehead atoms. The average Bonchev–Trinajstić information content (AvgIpc) is 3.17. The van der Waals surface area contributed by atoms with Crippen LogP contribution in [-0.4, -0.2) is 11.9 Å². The SMILES string of the molecule is Cc1ccc(NC(=O)/C(C#N)=C/c2ccc(-c3ccc(Cl)c(C(=O)[O-])c3)o2)cc1Cl. The Morgan fingerprint density at radius 1 is 1.10 bits per heavy atom. The Kier molecular flexibility index (Phi) is 6.26. The highest BCUT2D eigenvalue weighted by Crippen LogP contribution is 2.27. The Balaban J connectivity index is 1.84. The van der Waals surface area contributed by atoms with E-state index >= 15 is 0 Å². The highest BCUT2D eigenvalue weighted by atomic mass is 35.5. The molecule has 1 heterocycles. The van der Waals surface area contributed by atoms with Crippen molar-refractivity contribution in [2.24, 2.45) is 0 Å². The molecule has 0 saturated heterocycles. The van der Waals surface area contributed by atoms with Crippen molar-refractivity contribution in [2.45, 2.75) is 6.92 Å². The van der Waals surface area contributed by atoms with E-state index in [0.29, 0.717) is 22.0 Å². The molecule has 3 aromatic rings. The topological polar surface area (TPSA) is 106 Å². The molecule has 0 unspecified atom stereocenters. The number of hydrogen-bond acceptors (Lipinski definition) is 5. The lowest BCUT2D eigenvalue weighted by atomic mass is 10.1. The minimum absolute atomic E-state index is 0.0464. The molecule has 0 aliphatic carbocycles. The molecule has 150 valence electrons. The number of carboxylic acid groups (broad SMARTS) is 1. The van der Waals surface area contributed by atoms with Crippen molar-refractivity contribution in [2.75, 3.05) is 5.32 Å². The molecule has 0 radical (unpaired) electrons. The van der Waals surface area contributed by atoms with Gasteiger partial charge in [-0.2, -0.15) is 5.26 Å². The highest BCUT2D eigenvalue weighted by Gasteiger charge is 2.13. The number of hydrogen-bond donors (Lipinski definition) is 1. The molecule has 1 aromatic heterocycles. The Bertz CT molecular complexity index is 1220. The Labute approximate surface area is 182 Å². The van der Waals surface area contributed by atoms with Crippen LogP contribution in [0.3, 0.4) is 0 Å². The van der Waals surface area contributed by atoms with Gasteiger partial charge in [0.25, 0.3) is 5.91 Å². The van der Waals surface area contributed by atoms with Crippen molar-refractivity contribution < 1.29 is 19.1 Å². The summed E-state index contributed by atoms with van der Waals surface area (Å²) in [4.78, 5) is 23.5. The third kappa shape index (κ3) is 4.71. The summed E-state index contributed by atoms with van der Waals surface area (Å²) < 4.78 is 5.63. The molecule has 0 fully saturated rings. The molecule has 1 amide bonds. The van der Waals surface area contributed by atoms with Crippen LogP contribution in [0.25, 0.3) is 17.4 Å². The summed E-state index contributed by atoms with van der Waals surface area (Å²) in [6.07, 6.45) is 1.28. The summed E-state index contributed by atoms with van der Waals surface area (Å²) in [5, 5.41) is 23.6. The Morgan fingerprint density at radius 2 is 1.87 bits per heavy atom. The second-order valence-electron chi connectivity index (χ2n) is 6.27. The minimum atomic E-state index is -1.41. The minimum Gasteiger partial charge on any atom is -0.545 e. The molecule has 1 N–H and O–H groups in total. The zero-order chi connectivity index (χ0) is 21.8. The van der Waals surface area contributed by atoms with E-state index in [2.05, 4.69) is 5.32 Å². The van der Waals surface area contributed by atoms with Crippen LogP contribution in [-0.2, 0) is 4.79 Å². The Hall–Kier alpha value is -3.53. The van der Waals surface area contributed by atoms with Crippen molar-refractivity contribution in [3.05, 3.63) is 81.0 Å². The van der Waals surface area contributed by atoms with E-state index in [0.717, 1.165) is 5.56 Å². The first-order valence-corrected chi connectivity index (χ1v) is 9.34. The van der Waals surface area contributed by atoms with Gasteiger partial charge < -0.3 is 19.6 Å². The molecule has 3 rings (SSSR count). The van der Waals surface area contributed by atoms with Crippen LogP contribution in [0, 0.1) is 18.3 Å². The normalized spacial score (nSPS) is 11.1. The smallest absolute Gasteiger partial charge is 0.266 e. The number of nitrogens with zero attached hydrogens (tertiary/aromatic N) is 1. The van der Waals surface area contributed by atoms with Gasteiger partial charge in [0.05, 0.1) is 5.97 Å². The maximum atomic E-state index is 12.4. The molecule has 0 spiro atoms. The van der Waals surface area contributed by atoms with Crippen LogP contribution in [0.15, 0.2) is 58.5 Å². The lowest BCUT2D eigenvalue weighted by Crippen LogP contribution is -2.22. The highest BCUT2D eigenvalue weighted by molar-refractivity contribution is 6.33. The predicted octanol–water partition coefficient (Wildman–Crippen LogP) is 4.47. The summed E-state index contributed by atoms with van der Waals surface area (Å²) in [6.45, 7) is 1.83. The maximum Gasteiger partial charge on any atom is 0.266 e. The molecule has 30 heavy (non-hydrogen) atoms. The standard InChI is InChI=1S/C22H14Cl2N2O4/c1-12-2-4-15(10-19(12)24)26-21(27)14(11-25)8-16-5-7-20(30-16)13-3-6-18(23)17(9-13)22(28)29/h2-10H,1H3,(H,26,27)(H,28,29)/p-1/b14-8+. The monoisotopic (exact) mass is 439 g/mol. The average molecular weight is 440 g/mol. The van der Waals surface area contributed by atoms with Crippen LogP contribution in [0.2, 0.25) is 10.0 Å². The number of aromatic carboxylic acids is 1. The summed E-state index contributed by atoms with van der Waals surface area (Å²) in [6, 6.07) is 14.3. The third-order valence-corrected chi connectivity index (χ3v) is 4.92. The van der Waals surface area contributed by atoms with Gasteiger partial charge in [-0.1, -0.05) is 29.3 Å².